The lowest BCUT2D eigenvalue weighted by Crippen LogP contribution is -2.48. The largest absolute Gasteiger partial charge is 0.379 e. The molecular weight excluding hydrogens is 470 g/mol. The Morgan fingerprint density at radius 1 is 1.03 bits per heavy atom. The lowest BCUT2D eigenvalue weighted by molar-refractivity contribution is -0.129. The monoisotopic (exact) mass is 507 g/mol. The predicted octanol–water partition coefficient (Wildman–Crippen LogP) is 1.99. The van der Waals surface area contributed by atoms with Crippen molar-refractivity contribution in [2.24, 2.45) is 0 Å². The molecule has 1 aromatic carbocycles. The molecule has 10 heteroatoms. The molecule has 2 amide bonds. The van der Waals surface area contributed by atoms with E-state index in [-0.39, 0.29) is 23.9 Å². The van der Waals surface area contributed by atoms with Gasteiger partial charge in [0, 0.05) is 64.3 Å². The van der Waals surface area contributed by atoms with Crippen molar-refractivity contribution >= 4 is 23.6 Å². The Bertz CT molecular complexity index is 1110. The number of hydrogen-bond donors (Lipinski definition) is 1. The molecule has 1 unspecified atom stereocenters. The highest BCUT2D eigenvalue weighted by molar-refractivity contribution is 5.98. The van der Waals surface area contributed by atoms with Gasteiger partial charge in [0.2, 0.25) is 11.9 Å². The van der Waals surface area contributed by atoms with Crippen LogP contribution in [0.25, 0.3) is 0 Å². The molecule has 198 valence electrons. The summed E-state index contributed by atoms with van der Waals surface area (Å²) in [6.45, 7) is 12.5. The lowest BCUT2D eigenvalue weighted by Gasteiger charge is -2.35. The van der Waals surface area contributed by atoms with Gasteiger partial charge in [0.25, 0.3) is 5.91 Å². The molecule has 2 aromatic rings. The molecule has 0 saturated carbocycles. The zero-order chi connectivity index (χ0) is 25.9. The van der Waals surface area contributed by atoms with E-state index in [4.69, 9.17) is 14.7 Å². The van der Waals surface area contributed by atoms with Gasteiger partial charge < -0.3 is 24.8 Å². The van der Waals surface area contributed by atoms with Crippen molar-refractivity contribution in [3.63, 3.8) is 0 Å². The number of carbonyl (C=O) groups is 2. The van der Waals surface area contributed by atoms with Crippen molar-refractivity contribution in [3.8, 4) is 0 Å². The number of hydrogen-bond acceptors (Lipinski definition) is 8. The molecule has 2 fully saturated rings. The van der Waals surface area contributed by atoms with Gasteiger partial charge >= 0.3 is 0 Å². The summed E-state index contributed by atoms with van der Waals surface area (Å²) in [4.78, 5) is 43.0. The van der Waals surface area contributed by atoms with Crippen molar-refractivity contribution in [3.05, 3.63) is 47.2 Å². The third kappa shape index (κ3) is 5.40. The van der Waals surface area contributed by atoms with E-state index >= 15 is 0 Å². The van der Waals surface area contributed by atoms with Crippen LogP contribution < -0.4 is 10.2 Å². The van der Waals surface area contributed by atoms with E-state index in [0.29, 0.717) is 50.9 Å². The first-order valence-electron chi connectivity index (χ1n) is 13.3. The van der Waals surface area contributed by atoms with Crippen molar-refractivity contribution in [1.82, 2.24) is 24.7 Å². The summed E-state index contributed by atoms with van der Waals surface area (Å²) in [5.74, 6) is 1.30. The molecule has 0 aliphatic carbocycles. The maximum Gasteiger partial charge on any atom is 0.273 e. The Morgan fingerprint density at radius 2 is 1.73 bits per heavy atom. The van der Waals surface area contributed by atoms with Gasteiger partial charge in [0.1, 0.15) is 11.5 Å². The van der Waals surface area contributed by atoms with Crippen LogP contribution in [-0.4, -0.2) is 102 Å². The van der Waals surface area contributed by atoms with Crippen LogP contribution >= 0.6 is 0 Å². The number of aromatic nitrogens is 2. The summed E-state index contributed by atoms with van der Waals surface area (Å²) in [6.07, 6.45) is 0. The van der Waals surface area contributed by atoms with Gasteiger partial charge in [-0.3, -0.25) is 14.5 Å². The molecule has 37 heavy (non-hydrogen) atoms. The Kier molecular flexibility index (Phi) is 7.57. The minimum absolute atomic E-state index is 0.0492. The molecule has 0 spiro atoms. The SMILES string of the molecule is CC(=O)N1CCN(c2nc(NCC(c3ccccc3)N3CCOCC3)c3c(n2)C(=O)N(C(C)C)C3)CC1. The second kappa shape index (κ2) is 11.0. The number of morpholine rings is 1. The predicted molar refractivity (Wildman–Crippen MR) is 142 cm³/mol. The molecule has 1 N–H and O–H groups in total. The molecule has 5 rings (SSSR count). The number of rotatable bonds is 7. The molecule has 1 atom stereocenters. The van der Waals surface area contributed by atoms with Crippen molar-refractivity contribution in [2.75, 3.05) is 69.2 Å². The fraction of sp³-hybridized carbons (Fsp3) is 0.556. The summed E-state index contributed by atoms with van der Waals surface area (Å²) in [7, 11) is 0. The number of piperazine rings is 1. The molecular formula is C27H37N7O3. The standard InChI is InChI=1S/C27H37N7O3/c1-19(2)34-18-22-24(26(34)36)29-27(33-11-9-31(10-12-33)20(3)35)30-25(22)28-17-23(21-7-5-4-6-8-21)32-13-15-37-16-14-32/h4-8,19,23H,9-18H2,1-3H3,(H,28,29,30). The highest BCUT2D eigenvalue weighted by Gasteiger charge is 2.35. The van der Waals surface area contributed by atoms with Gasteiger partial charge in [-0.05, 0) is 19.4 Å². The molecule has 3 aliphatic heterocycles. The van der Waals surface area contributed by atoms with Crippen LogP contribution in [0.1, 0.15) is 48.4 Å². The quantitative estimate of drug-likeness (QED) is 0.608. The van der Waals surface area contributed by atoms with Crippen LogP contribution in [-0.2, 0) is 16.1 Å². The molecule has 1 aromatic heterocycles. The highest BCUT2D eigenvalue weighted by Crippen LogP contribution is 2.32. The van der Waals surface area contributed by atoms with Crippen LogP contribution in [0.2, 0.25) is 0 Å². The van der Waals surface area contributed by atoms with E-state index in [2.05, 4.69) is 39.4 Å². The summed E-state index contributed by atoms with van der Waals surface area (Å²) in [5.41, 5.74) is 2.58. The van der Waals surface area contributed by atoms with Crippen LogP contribution in [0.3, 0.4) is 0 Å². The second-order valence-electron chi connectivity index (χ2n) is 10.2. The number of ether oxygens (including phenoxy) is 1. The highest BCUT2D eigenvalue weighted by atomic mass is 16.5. The number of benzene rings is 1. The third-order valence-corrected chi connectivity index (χ3v) is 7.55. The van der Waals surface area contributed by atoms with E-state index in [9.17, 15) is 9.59 Å². The van der Waals surface area contributed by atoms with Crippen LogP contribution in [0.4, 0.5) is 11.8 Å². The summed E-state index contributed by atoms with van der Waals surface area (Å²) < 4.78 is 5.60. The fourth-order valence-corrected chi connectivity index (χ4v) is 5.32. The Balaban J connectivity index is 1.43. The number of nitrogens with zero attached hydrogens (tertiary/aromatic N) is 6. The Hall–Kier alpha value is -3.24. The van der Waals surface area contributed by atoms with Crippen LogP contribution in [0.5, 0.6) is 0 Å². The van der Waals surface area contributed by atoms with Gasteiger partial charge in [-0.2, -0.15) is 4.98 Å². The summed E-state index contributed by atoms with van der Waals surface area (Å²) in [6, 6.07) is 10.7. The van der Waals surface area contributed by atoms with Crippen molar-refractivity contribution in [1.29, 1.82) is 0 Å². The first kappa shape index (κ1) is 25.4. The fourth-order valence-electron chi connectivity index (χ4n) is 5.32. The maximum atomic E-state index is 13.3. The number of anilines is 2. The van der Waals surface area contributed by atoms with Crippen molar-refractivity contribution in [2.45, 2.75) is 39.4 Å². The number of nitrogens with one attached hydrogen (secondary N) is 1. The minimum Gasteiger partial charge on any atom is -0.379 e. The third-order valence-electron chi connectivity index (χ3n) is 7.55. The van der Waals surface area contributed by atoms with Gasteiger partial charge in [0.15, 0.2) is 0 Å². The number of amides is 2. The maximum absolute atomic E-state index is 13.3. The average Bonchev–Trinajstić information content (AvgIpc) is 3.27. The van der Waals surface area contributed by atoms with Crippen LogP contribution in [0.15, 0.2) is 30.3 Å². The van der Waals surface area contributed by atoms with Gasteiger partial charge in [0.05, 0.1) is 25.8 Å². The lowest BCUT2D eigenvalue weighted by atomic mass is 10.0. The van der Waals surface area contributed by atoms with Crippen LogP contribution in [0, 0.1) is 0 Å². The van der Waals surface area contributed by atoms with Crippen molar-refractivity contribution < 1.29 is 14.3 Å². The Labute approximate surface area is 218 Å². The number of fused-ring (bicyclic) bond motifs is 1. The molecule has 0 radical (unpaired) electrons. The second-order valence-corrected chi connectivity index (χ2v) is 10.2. The van der Waals surface area contributed by atoms with Gasteiger partial charge in [-0.25, -0.2) is 4.98 Å². The molecule has 10 nitrogen and oxygen atoms in total. The molecule has 2 saturated heterocycles. The van der Waals surface area contributed by atoms with Gasteiger partial charge in [-0.15, -0.1) is 0 Å². The normalized spacial score (nSPS) is 19.4. The van der Waals surface area contributed by atoms with Gasteiger partial charge in [-0.1, -0.05) is 30.3 Å². The molecule has 4 heterocycles. The zero-order valence-corrected chi connectivity index (χ0v) is 22.0. The summed E-state index contributed by atoms with van der Waals surface area (Å²) in [5, 5.41) is 3.62. The Morgan fingerprint density at radius 3 is 2.38 bits per heavy atom. The smallest absolute Gasteiger partial charge is 0.273 e. The zero-order valence-electron chi connectivity index (χ0n) is 22.0. The van der Waals surface area contributed by atoms with E-state index < -0.39 is 0 Å². The average molecular weight is 508 g/mol. The van der Waals surface area contributed by atoms with E-state index in [1.54, 1.807) is 6.92 Å². The molecule has 3 aliphatic rings. The first-order valence-corrected chi connectivity index (χ1v) is 13.3. The van der Waals surface area contributed by atoms with E-state index in [0.717, 1.165) is 37.7 Å². The first-order chi connectivity index (χ1) is 17.9. The molecule has 0 bridgehead atoms. The minimum atomic E-state index is -0.0492. The van der Waals surface area contributed by atoms with E-state index in [1.807, 2.05) is 29.7 Å². The van der Waals surface area contributed by atoms with E-state index in [1.165, 1.54) is 5.56 Å². The summed E-state index contributed by atoms with van der Waals surface area (Å²) >= 11 is 0. The topological polar surface area (TPSA) is 94.1 Å². The number of carbonyl (C=O) groups excluding carboxylic acids is 2.